The predicted octanol–water partition coefficient (Wildman–Crippen LogP) is 5.42. The van der Waals surface area contributed by atoms with E-state index in [9.17, 15) is 22.0 Å². The molecule has 0 aliphatic heterocycles. The molecule has 0 bridgehead atoms. The van der Waals surface area contributed by atoms with E-state index in [1.54, 1.807) is 13.0 Å². The van der Waals surface area contributed by atoms with Crippen molar-refractivity contribution in [3.05, 3.63) is 47.8 Å². The van der Waals surface area contributed by atoms with Crippen molar-refractivity contribution in [1.82, 2.24) is 4.98 Å². The van der Waals surface area contributed by atoms with E-state index in [1.807, 2.05) is 6.92 Å². The average molecular weight is 390 g/mol. The Morgan fingerprint density at radius 1 is 1.37 bits per heavy atom. The zero-order valence-electron chi connectivity index (χ0n) is 15.3. The van der Waals surface area contributed by atoms with Crippen LogP contribution in [0.4, 0.5) is 22.0 Å². The topological polar surface area (TPSA) is 34.5 Å². The van der Waals surface area contributed by atoms with E-state index in [1.165, 1.54) is 18.5 Å². The molecule has 1 atom stereocenters. The van der Waals surface area contributed by atoms with Gasteiger partial charge in [-0.3, -0.25) is 9.98 Å². The number of allylic oxidation sites excluding steroid dienone is 3. The molecule has 0 fully saturated rings. The van der Waals surface area contributed by atoms with E-state index < -0.39 is 31.2 Å². The molecule has 0 amide bonds. The van der Waals surface area contributed by atoms with Crippen LogP contribution in [0.5, 0.6) is 5.75 Å². The van der Waals surface area contributed by atoms with Gasteiger partial charge >= 0.3 is 6.18 Å². The quantitative estimate of drug-likeness (QED) is 0.304. The molecule has 0 aromatic carbocycles. The van der Waals surface area contributed by atoms with E-state index in [-0.39, 0.29) is 12.3 Å². The smallest absolute Gasteiger partial charge is 0.416 e. The van der Waals surface area contributed by atoms with E-state index in [0.717, 1.165) is 18.6 Å². The van der Waals surface area contributed by atoms with Crippen LogP contribution in [0.1, 0.15) is 32.3 Å². The molecule has 1 rings (SSSR count). The average Bonchev–Trinajstić information content (AvgIpc) is 2.64. The number of aliphatic imine (C=N–C) groups is 1. The number of nitrogens with zero attached hydrogens (tertiary/aromatic N) is 2. The molecule has 0 spiro atoms. The molecule has 8 heteroatoms. The normalized spacial score (nSPS) is 14.6. The standard InChI is InChI=1S/C19H23F5N2O/c1-3-4-5-6-15(19(22,23)24)7-10-26-14(2)17-8-9-25-12-18(17)27-13-16(21)11-20/h5-9,12,16H,3-4,10-11,13H2,1-2H3/b6-5-,15-7+,26-14?. The minimum Gasteiger partial charge on any atom is -0.488 e. The van der Waals surface area contributed by atoms with Gasteiger partial charge in [0.25, 0.3) is 0 Å². The molecule has 27 heavy (non-hydrogen) atoms. The first-order chi connectivity index (χ1) is 12.8. The Balaban J connectivity index is 2.92. The summed E-state index contributed by atoms with van der Waals surface area (Å²) in [5, 5.41) is 0. The van der Waals surface area contributed by atoms with Gasteiger partial charge < -0.3 is 4.74 Å². The van der Waals surface area contributed by atoms with Gasteiger partial charge in [0.2, 0.25) is 0 Å². The second-order valence-corrected chi connectivity index (χ2v) is 5.71. The largest absolute Gasteiger partial charge is 0.488 e. The second kappa shape index (κ2) is 11.5. The third kappa shape index (κ3) is 8.32. The Hall–Kier alpha value is -2.25. The predicted molar refractivity (Wildman–Crippen MR) is 95.9 cm³/mol. The molecule has 0 N–H and O–H groups in total. The summed E-state index contributed by atoms with van der Waals surface area (Å²) in [6.45, 7) is 1.64. The SMILES string of the molecule is CCC/C=C\C(=C/CN=C(C)c1ccncc1OCC(F)CF)C(F)(F)F. The maximum absolute atomic E-state index is 13.0. The lowest BCUT2D eigenvalue weighted by atomic mass is 10.1. The molecule has 1 unspecified atom stereocenters. The van der Waals surface area contributed by atoms with Crippen LogP contribution in [0.25, 0.3) is 0 Å². The monoisotopic (exact) mass is 390 g/mol. The Morgan fingerprint density at radius 2 is 2.11 bits per heavy atom. The Kier molecular flexibility index (Phi) is 9.67. The highest BCUT2D eigenvalue weighted by Crippen LogP contribution is 2.27. The van der Waals surface area contributed by atoms with E-state index in [0.29, 0.717) is 17.7 Å². The second-order valence-electron chi connectivity index (χ2n) is 5.71. The zero-order valence-corrected chi connectivity index (χ0v) is 15.3. The highest BCUT2D eigenvalue weighted by atomic mass is 19.4. The van der Waals surface area contributed by atoms with Crippen LogP contribution >= 0.6 is 0 Å². The van der Waals surface area contributed by atoms with Crippen LogP contribution in [0.15, 0.2) is 47.3 Å². The fraction of sp³-hybridized carbons (Fsp3) is 0.474. The van der Waals surface area contributed by atoms with Gasteiger partial charge in [0, 0.05) is 17.5 Å². The number of aromatic nitrogens is 1. The van der Waals surface area contributed by atoms with E-state index >= 15 is 0 Å². The van der Waals surface area contributed by atoms with Crippen molar-refractivity contribution in [2.75, 3.05) is 19.8 Å². The molecule has 150 valence electrons. The molecule has 0 aliphatic carbocycles. The number of rotatable bonds is 10. The molecule has 0 saturated heterocycles. The van der Waals surface area contributed by atoms with Crippen LogP contribution in [-0.2, 0) is 0 Å². The maximum Gasteiger partial charge on any atom is 0.416 e. The summed E-state index contributed by atoms with van der Waals surface area (Å²) in [5.41, 5.74) is 0.0971. The van der Waals surface area contributed by atoms with Gasteiger partial charge in [-0.15, -0.1) is 0 Å². The molecule has 1 aromatic rings. The van der Waals surface area contributed by atoms with Gasteiger partial charge in [-0.05, 0) is 19.4 Å². The van der Waals surface area contributed by atoms with Crippen LogP contribution in [0.3, 0.4) is 0 Å². The fourth-order valence-corrected chi connectivity index (χ4v) is 2.04. The molecular weight excluding hydrogens is 367 g/mol. The summed E-state index contributed by atoms with van der Waals surface area (Å²) in [7, 11) is 0. The molecule has 0 saturated carbocycles. The first-order valence-electron chi connectivity index (χ1n) is 8.51. The van der Waals surface area contributed by atoms with Crippen molar-refractivity contribution in [3.8, 4) is 5.75 Å². The summed E-state index contributed by atoms with van der Waals surface area (Å²) in [6, 6.07) is 1.55. The summed E-state index contributed by atoms with van der Waals surface area (Å²) < 4.78 is 69.4. The Labute approximate surface area is 155 Å². The first-order valence-corrected chi connectivity index (χ1v) is 8.51. The number of hydrogen-bond acceptors (Lipinski definition) is 3. The van der Waals surface area contributed by atoms with Crippen LogP contribution < -0.4 is 4.74 Å². The van der Waals surface area contributed by atoms with Gasteiger partial charge in [0.15, 0.2) is 6.17 Å². The van der Waals surface area contributed by atoms with E-state index in [4.69, 9.17) is 4.74 Å². The number of alkyl halides is 5. The first kappa shape index (κ1) is 22.8. The van der Waals surface area contributed by atoms with Gasteiger partial charge in [-0.25, -0.2) is 8.78 Å². The summed E-state index contributed by atoms with van der Waals surface area (Å²) in [5.74, 6) is 0.192. The summed E-state index contributed by atoms with van der Waals surface area (Å²) in [4.78, 5) is 7.96. The molecule has 1 heterocycles. The van der Waals surface area contributed by atoms with Gasteiger partial charge in [0.1, 0.15) is 19.0 Å². The van der Waals surface area contributed by atoms with Crippen molar-refractivity contribution >= 4 is 5.71 Å². The van der Waals surface area contributed by atoms with Crippen LogP contribution in [0, 0.1) is 0 Å². The summed E-state index contributed by atoms with van der Waals surface area (Å²) >= 11 is 0. The Morgan fingerprint density at radius 3 is 2.74 bits per heavy atom. The molecule has 0 aliphatic rings. The van der Waals surface area contributed by atoms with Crippen LogP contribution in [0.2, 0.25) is 0 Å². The molecule has 1 aromatic heterocycles. The lowest BCUT2D eigenvalue weighted by Gasteiger charge is -2.12. The fourth-order valence-electron chi connectivity index (χ4n) is 2.04. The highest BCUT2D eigenvalue weighted by Gasteiger charge is 2.31. The third-order valence-electron chi connectivity index (χ3n) is 3.48. The van der Waals surface area contributed by atoms with Gasteiger partial charge in [-0.2, -0.15) is 13.2 Å². The van der Waals surface area contributed by atoms with Crippen molar-refractivity contribution in [3.63, 3.8) is 0 Å². The number of unbranched alkanes of at least 4 members (excludes halogenated alkanes) is 1. The van der Waals surface area contributed by atoms with Crippen molar-refractivity contribution in [2.24, 2.45) is 4.99 Å². The number of ether oxygens (including phenoxy) is 1. The number of halogens is 5. The third-order valence-corrected chi connectivity index (χ3v) is 3.48. The van der Waals surface area contributed by atoms with E-state index in [2.05, 4.69) is 9.98 Å². The zero-order chi connectivity index (χ0) is 20.3. The highest BCUT2D eigenvalue weighted by molar-refractivity contribution is 6.01. The van der Waals surface area contributed by atoms with Gasteiger partial charge in [0.05, 0.1) is 18.3 Å². The lowest BCUT2D eigenvalue weighted by molar-refractivity contribution is -0.0883. The van der Waals surface area contributed by atoms with Crippen LogP contribution in [-0.4, -0.2) is 42.9 Å². The molecular formula is C19H23F5N2O. The summed E-state index contributed by atoms with van der Waals surface area (Å²) in [6.07, 6.45) is 1.39. The lowest BCUT2D eigenvalue weighted by Crippen LogP contribution is -2.16. The van der Waals surface area contributed by atoms with Crippen molar-refractivity contribution in [2.45, 2.75) is 39.0 Å². The van der Waals surface area contributed by atoms with Crippen molar-refractivity contribution in [1.29, 1.82) is 0 Å². The Bertz CT molecular complexity index is 668. The number of hydrogen-bond donors (Lipinski definition) is 0. The van der Waals surface area contributed by atoms with Crippen molar-refractivity contribution < 1.29 is 26.7 Å². The minimum absolute atomic E-state index is 0.185. The maximum atomic E-state index is 13.0. The molecule has 0 radical (unpaired) electrons. The molecule has 3 nitrogen and oxygen atoms in total. The van der Waals surface area contributed by atoms with Gasteiger partial charge in [-0.1, -0.05) is 31.6 Å². The number of pyridine rings is 1. The minimum atomic E-state index is -4.46.